The fourth-order valence-electron chi connectivity index (χ4n) is 1.71. The van der Waals surface area contributed by atoms with Gasteiger partial charge in [-0.3, -0.25) is 0 Å². The number of hydrogen-bond donors (Lipinski definition) is 1. The molecule has 6 heteroatoms. The van der Waals surface area contributed by atoms with Crippen LogP contribution in [0, 0.1) is 18.6 Å². The maximum atomic E-state index is 13.8. The molecule has 1 aromatic carbocycles. The van der Waals surface area contributed by atoms with Crippen LogP contribution in [0.2, 0.25) is 0 Å². The Morgan fingerprint density at radius 1 is 1.30 bits per heavy atom. The Hall–Kier alpha value is -1.95. The van der Waals surface area contributed by atoms with E-state index in [1.54, 1.807) is 0 Å². The molecule has 0 spiro atoms. The van der Waals surface area contributed by atoms with Gasteiger partial charge in [0.15, 0.2) is 11.6 Å². The third kappa shape index (κ3) is 2.80. The monoisotopic (exact) mass is 297 g/mol. The van der Waals surface area contributed by atoms with Crippen molar-refractivity contribution in [2.75, 3.05) is 12.4 Å². The van der Waals surface area contributed by atoms with Crippen molar-refractivity contribution in [1.82, 2.24) is 0 Å². The standard InChI is InChI=1S/C14H13F2NO2S/c1-8-5-6-20-11(8)7-17-10-4-3-9(14(18)19-2)12(15)13(10)16/h3-6,17H,7H2,1-2H3. The Kier molecular flexibility index (Phi) is 4.34. The van der Waals surface area contributed by atoms with Crippen molar-refractivity contribution in [3.63, 3.8) is 0 Å². The minimum atomic E-state index is -1.20. The van der Waals surface area contributed by atoms with Crippen molar-refractivity contribution in [1.29, 1.82) is 0 Å². The summed E-state index contributed by atoms with van der Waals surface area (Å²) in [4.78, 5) is 12.3. The Morgan fingerprint density at radius 3 is 2.65 bits per heavy atom. The van der Waals surface area contributed by atoms with Crippen molar-refractivity contribution >= 4 is 23.0 Å². The van der Waals surface area contributed by atoms with E-state index < -0.39 is 23.2 Å². The number of anilines is 1. The summed E-state index contributed by atoms with van der Waals surface area (Å²) in [6.07, 6.45) is 0. The molecular weight excluding hydrogens is 284 g/mol. The first-order chi connectivity index (χ1) is 9.54. The Bertz CT molecular complexity index is 640. The van der Waals surface area contributed by atoms with Gasteiger partial charge in [-0.1, -0.05) is 0 Å². The second kappa shape index (κ2) is 6.00. The molecule has 0 amide bonds. The number of ether oxygens (including phenoxy) is 1. The van der Waals surface area contributed by atoms with E-state index in [0.717, 1.165) is 17.6 Å². The van der Waals surface area contributed by atoms with Crippen molar-refractivity contribution in [2.45, 2.75) is 13.5 Å². The number of esters is 1. The van der Waals surface area contributed by atoms with E-state index >= 15 is 0 Å². The highest BCUT2D eigenvalue weighted by Gasteiger charge is 2.19. The van der Waals surface area contributed by atoms with Crippen LogP contribution in [0.15, 0.2) is 23.6 Å². The zero-order valence-corrected chi connectivity index (χ0v) is 11.8. The second-order valence-corrected chi connectivity index (χ2v) is 5.16. The predicted octanol–water partition coefficient (Wildman–Crippen LogP) is 3.73. The molecule has 3 nitrogen and oxygen atoms in total. The molecule has 0 aliphatic rings. The zero-order chi connectivity index (χ0) is 14.7. The number of nitrogens with one attached hydrogen (secondary N) is 1. The molecule has 0 radical (unpaired) electrons. The molecule has 106 valence electrons. The average molecular weight is 297 g/mol. The van der Waals surface area contributed by atoms with Crippen LogP contribution >= 0.6 is 11.3 Å². The van der Waals surface area contributed by atoms with E-state index in [1.165, 1.54) is 23.5 Å². The van der Waals surface area contributed by atoms with Crippen LogP contribution in [-0.2, 0) is 11.3 Å². The van der Waals surface area contributed by atoms with Gasteiger partial charge in [0.1, 0.15) is 0 Å². The first-order valence-electron chi connectivity index (χ1n) is 5.87. The Morgan fingerprint density at radius 2 is 2.05 bits per heavy atom. The van der Waals surface area contributed by atoms with Crippen LogP contribution in [0.1, 0.15) is 20.8 Å². The van der Waals surface area contributed by atoms with Crippen LogP contribution in [0.25, 0.3) is 0 Å². The van der Waals surface area contributed by atoms with E-state index in [0.29, 0.717) is 6.54 Å². The molecule has 0 atom stereocenters. The molecule has 1 aromatic heterocycles. The largest absolute Gasteiger partial charge is 0.465 e. The molecule has 2 aromatic rings. The first kappa shape index (κ1) is 14.5. The maximum absolute atomic E-state index is 13.8. The van der Waals surface area contributed by atoms with Crippen molar-refractivity contribution < 1.29 is 18.3 Å². The van der Waals surface area contributed by atoms with E-state index in [2.05, 4.69) is 10.1 Å². The number of aryl methyl sites for hydroxylation is 1. The number of carbonyl (C=O) groups is 1. The van der Waals surface area contributed by atoms with Crippen LogP contribution in [0.5, 0.6) is 0 Å². The van der Waals surface area contributed by atoms with E-state index in [4.69, 9.17) is 0 Å². The first-order valence-corrected chi connectivity index (χ1v) is 6.75. The summed E-state index contributed by atoms with van der Waals surface area (Å²) in [5.74, 6) is -3.19. The highest BCUT2D eigenvalue weighted by molar-refractivity contribution is 7.10. The van der Waals surface area contributed by atoms with Gasteiger partial charge in [0.2, 0.25) is 0 Å². The predicted molar refractivity (Wildman–Crippen MR) is 74.1 cm³/mol. The molecular formula is C14H13F2NO2S. The van der Waals surface area contributed by atoms with Gasteiger partial charge in [-0.15, -0.1) is 11.3 Å². The highest BCUT2D eigenvalue weighted by atomic mass is 32.1. The molecule has 20 heavy (non-hydrogen) atoms. The molecule has 0 bridgehead atoms. The van der Waals surface area contributed by atoms with Crippen LogP contribution < -0.4 is 5.32 Å². The van der Waals surface area contributed by atoms with Gasteiger partial charge in [-0.2, -0.15) is 0 Å². The SMILES string of the molecule is COC(=O)c1ccc(NCc2sccc2C)c(F)c1F. The second-order valence-electron chi connectivity index (χ2n) is 4.16. The summed E-state index contributed by atoms with van der Waals surface area (Å²) < 4.78 is 32.0. The fraction of sp³-hybridized carbons (Fsp3) is 0.214. The van der Waals surface area contributed by atoms with Crippen LogP contribution in [0.3, 0.4) is 0 Å². The lowest BCUT2D eigenvalue weighted by Gasteiger charge is -2.09. The molecule has 1 heterocycles. The summed E-state index contributed by atoms with van der Waals surface area (Å²) in [6, 6.07) is 4.49. The summed E-state index contributed by atoms with van der Waals surface area (Å²) in [5.41, 5.74) is 0.695. The third-order valence-electron chi connectivity index (χ3n) is 2.90. The van der Waals surface area contributed by atoms with Crippen molar-refractivity contribution in [3.05, 3.63) is 51.2 Å². The number of carbonyl (C=O) groups excluding carboxylic acids is 1. The molecule has 0 unspecified atom stereocenters. The summed E-state index contributed by atoms with van der Waals surface area (Å²) in [6.45, 7) is 2.35. The van der Waals surface area contributed by atoms with Crippen molar-refractivity contribution in [2.24, 2.45) is 0 Å². The summed E-state index contributed by atoms with van der Waals surface area (Å²) in [5, 5.41) is 4.76. The zero-order valence-electron chi connectivity index (χ0n) is 11.0. The molecule has 0 aliphatic heterocycles. The molecule has 0 fully saturated rings. The maximum Gasteiger partial charge on any atom is 0.340 e. The quantitative estimate of drug-likeness (QED) is 0.874. The topological polar surface area (TPSA) is 38.3 Å². The van der Waals surface area contributed by atoms with Crippen molar-refractivity contribution in [3.8, 4) is 0 Å². The Labute approximate surface area is 119 Å². The normalized spacial score (nSPS) is 10.4. The minimum Gasteiger partial charge on any atom is -0.465 e. The molecule has 0 saturated carbocycles. The number of hydrogen-bond acceptors (Lipinski definition) is 4. The molecule has 2 rings (SSSR count). The van der Waals surface area contributed by atoms with E-state index in [1.807, 2.05) is 18.4 Å². The lowest BCUT2D eigenvalue weighted by molar-refractivity contribution is 0.0594. The lowest BCUT2D eigenvalue weighted by atomic mass is 10.1. The smallest absolute Gasteiger partial charge is 0.340 e. The number of benzene rings is 1. The molecule has 0 aliphatic carbocycles. The number of halogens is 2. The minimum absolute atomic E-state index is 0.0166. The molecule has 1 N–H and O–H groups in total. The fourth-order valence-corrected chi connectivity index (χ4v) is 2.56. The third-order valence-corrected chi connectivity index (χ3v) is 3.92. The summed E-state index contributed by atoms with van der Waals surface area (Å²) in [7, 11) is 1.12. The van der Waals surface area contributed by atoms with Gasteiger partial charge in [0.25, 0.3) is 0 Å². The Balaban J connectivity index is 2.19. The van der Waals surface area contributed by atoms with Gasteiger partial charge in [0.05, 0.1) is 18.4 Å². The summed E-state index contributed by atoms with van der Waals surface area (Å²) >= 11 is 1.54. The number of rotatable bonds is 4. The van der Waals surface area contributed by atoms with Gasteiger partial charge < -0.3 is 10.1 Å². The van der Waals surface area contributed by atoms with Gasteiger partial charge in [-0.25, -0.2) is 13.6 Å². The van der Waals surface area contributed by atoms with E-state index in [-0.39, 0.29) is 5.69 Å². The van der Waals surface area contributed by atoms with Gasteiger partial charge >= 0.3 is 5.97 Å². The number of methoxy groups -OCH3 is 1. The lowest BCUT2D eigenvalue weighted by Crippen LogP contribution is -2.09. The molecule has 0 saturated heterocycles. The highest BCUT2D eigenvalue weighted by Crippen LogP contribution is 2.23. The van der Waals surface area contributed by atoms with Gasteiger partial charge in [0, 0.05) is 11.4 Å². The van der Waals surface area contributed by atoms with E-state index in [9.17, 15) is 13.6 Å². The van der Waals surface area contributed by atoms with Crippen LogP contribution in [0.4, 0.5) is 14.5 Å². The average Bonchev–Trinajstić information content (AvgIpc) is 2.85. The van der Waals surface area contributed by atoms with Crippen LogP contribution in [-0.4, -0.2) is 13.1 Å². The number of thiophene rings is 1. The van der Waals surface area contributed by atoms with Gasteiger partial charge in [-0.05, 0) is 36.1 Å².